The third kappa shape index (κ3) is 1.26. The summed E-state index contributed by atoms with van der Waals surface area (Å²) < 4.78 is 5.01. The maximum atomic E-state index is 10.7. The van der Waals surface area contributed by atoms with Crippen LogP contribution < -0.4 is 0 Å². The minimum Gasteiger partial charge on any atom is -0.456 e. The van der Waals surface area contributed by atoms with Crippen LogP contribution in [-0.2, 0) is 9.53 Å². The first-order valence-electron chi connectivity index (χ1n) is 3.44. The third-order valence-electron chi connectivity index (χ3n) is 1.67. The molecule has 1 aliphatic rings. The third-order valence-corrected chi connectivity index (χ3v) is 2.27. The quantitative estimate of drug-likeness (QED) is 0.598. The lowest BCUT2D eigenvalue weighted by Crippen LogP contribution is -1.98. The maximum Gasteiger partial charge on any atom is 0.306 e. The van der Waals surface area contributed by atoms with Crippen molar-refractivity contribution < 1.29 is 9.53 Å². The van der Waals surface area contributed by atoms with Crippen molar-refractivity contribution in [1.29, 1.82) is 0 Å². The van der Waals surface area contributed by atoms with E-state index in [1.807, 2.05) is 5.38 Å². The molecule has 0 saturated carbocycles. The first-order chi connectivity index (χ1) is 5.36. The number of hydrogen-bond donors (Lipinski definition) is 0. The first kappa shape index (κ1) is 6.79. The number of ether oxygens (including phenoxy) is 1. The molecule has 11 heavy (non-hydrogen) atoms. The molecule has 1 atom stereocenters. The van der Waals surface area contributed by atoms with Gasteiger partial charge in [-0.25, -0.2) is 4.98 Å². The normalized spacial score (nSPS) is 23.6. The van der Waals surface area contributed by atoms with Crippen LogP contribution in [0.5, 0.6) is 0 Å². The number of carbonyl (C=O) groups is 1. The Balaban J connectivity index is 2.13. The maximum absolute atomic E-state index is 10.7. The summed E-state index contributed by atoms with van der Waals surface area (Å²) in [5.74, 6) is -0.108. The molecule has 0 bridgehead atoms. The topological polar surface area (TPSA) is 39.2 Å². The van der Waals surface area contributed by atoms with Crippen molar-refractivity contribution in [3.8, 4) is 0 Å². The highest BCUT2D eigenvalue weighted by Crippen LogP contribution is 2.28. The van der Waals surface area contributed by atoms with E-state index in [1.54, 1.807) is 5.51 Å². The van der Waals surface area contributed by atoms with E-state index in [0.717, 1.165) is 12.1 Å². The minimum atomic E-state index is -0.108. The van der Waals surface area contributed by atoms with E-state index >= 15 is 0 Å². The summed E-state index contributed by atoms with van der Waals surface area (Å²) in [5.41, 5.74) is 2.64. The van der Waals surface area contributed by atoms with Crippen molar-refractivity contribution in [2.24, 2.45) is 0 Å². The Morgan fingerprint density at radius 2 is 2.64 bits per heavy atom. The number of carbonyl (C=O) groups excluding carboxylic acids is 1. The Hall–Kier alpha value is -0.900. The summed E-state index contributed by atoms with van der Waals surface area (Å²) in [5, 5.41) is 1.92. The largest absolute Gasteiger partial charge is 0.456 e. The fraction of sp³-hybridized carbons (Fsp3) is 0.429. The zero-order valence-corrected chi connectivity index (χ0v) is 6.63. The summed E-state index contributed by atoms with van der Waals surface area (Å²) >= 11 is 1.53. The van der Waals surface area contributed by atoms with E-state index in [1.165, 1.54) is 11.3 Å². The highest BCUT2D eigenvalue weighted by atomic mass is 32.1. The van der Waals surface area contributed by atoms with Crippen molar-refractivity contribution in [1.82, 2.24) is 4.98 Å². The van der Waals surface area contributed by atoms with E-state index in [9.17, 15) is 4.79 Å². The van der Waals surface area contributed by atoms with Gasteiger partial charge in [0.05, 0.1) is 11.2 Å². The van der Waals surface area contributed by atoms with Crippen molar-refractivity contribution in [2.75, 3.05) is 0 Å². The SMILES string of the molecule is O=C1CCC(c2cscn2)O1. The molecule has 0 aromatic carbocycles. The summed E-state index contributed by atoms with van der Waals surface area (Å²) in [6.07, 6.45) is 1.24. The molecule has 0 N–H and O–H groups in total. The van der Waals surface area contributed by atoms with E-state index in [4.69, 9.17) is 4.74 Å². The average molecular weight is 169 g/mol. The van der Waals surface area contributed by atoms with Crippen LogP contribution in [0.1, 0.15) is 24.6 Å². The molecule has 0 spiro atoms. The van der Waals surface area contributed by atoms with Crippen LogP contribution >= 0.6 is 11.3 Å². The molecule has 1 aromatic heterocycles. The van der Waals surface area contributed by atoms with E-state index in [-0.39, 0.29) is 12.1 Å². The molecule has 2 rings (SSSR count). The second-order valence-electron chi connectivity index (χ2n) is 2.43. The lowest BCUT2D eigenvalue weighted by atomic mass is 10.2. The highest BCUT2D eigenvalue weighted by molar-refractivity contribution is 7.07. The fourth-order valence-electron chi connectivity index (χ4n) is 1.11. The minimum absolute atomic E-state index is 0.0752. The second kappa shape index (κ2) is 2.62. The Kier molecular flexibility index (Phi) is 1.62. The molecule has 2 heterocycles. The zero-order chi connectivity index (χ0) is 7.68. The molecule has 1 unspecified atom stereocenters. The number of nitrogens with zero attached hydrogens (tertiary/aromatic N) is 1. The van der Waals surface area contributed by atoms with Gasteiger partial charge in [-0.05, 0) is 0 Å². The van der Waals surface area contributed by atoms with Gasteiger partial charge < -0.3 is 4.74 Å². The van der Waals surface area contributed by atoms with Gasteiger partial charge in [-0.1, -0.05) is 0 Å². The predicted octanol–water partition coefficient (Wildman–Crippen LogP) is 1.52. The number of aromatic nitrogens is 1. The Morgan fingerprint density at radius 1 is 1.73 bits per heavy atom. The number of thiazole rings is 1. The first-order valence-corrected chi connectivity index (χ1v) is 4.38. The number of hydrogen-bond acceptors (Lipinski definition) is 4. The summed E-state index contributed by atoms with van der Waals surface area (Å²) in [4.78, 5) is 14.8. The standard InChI is InChI=1S/C7H7NO2S/c9-7-2-1-6(10-7)5-3-11-4-8-5/h3-4,6H,1-2H2. The van der Waals surface area contributed by atoms with E-state index in [2.05, 4.69) is 4.98 Å². The average Bonchev–Trinajstić information content (AvgIpc) is 2.55. The lowest BCUT2D eigenvalue weighted by Gasteiger charge is -2.03. The van der Waals surface area contributed by atoms with E-state index < -0.39 is 0 Å². The van der Waals surface area contributed by atoms with Gasteiger partial charge in [-0.15, -0.1) is 11.3 Å². The van der Waals surface area contributed by atoms with Crippen LogP contribution in [0.15, 0.2) is 10.9 Å². The monoisotopic (exact) mass is 169 g/mol. The molecule has 1 aromatic rings. The highest BCUT2D eigenvalue weighted by Gasteiger charge is 2.25. The lowest BCUT2D eigenvalue weighted by molar-refractivity contribution is -0.141. The van der Waals surface area contributed by atoms with Crippen LogP contribution in [-0.4, -0.2) is 11.0 Å². The molecule has 1 aliphatic heterocycles. The van der Waals surface area contributed by atoms with Crippen LogP contribution in [0.4, 0.5) is 0 Å². The van der Waals surface area contributed by atoms with Gasteiger partial charge in [-0.2, -0.15) is 0 Å². The van der Waals surface area contributed by atoms with Crippen molar-refractivity contribution in [3.63, 3.8) is 0 Å². The van der Waals surface area contributed by atoms with Gasteiger partial charge in [0.25, 0.3) is 0 Å². The Morgan fingerprint density at radius 3 is 3.18 bits per heavy atom. The van der Waals surface area contributed by atoms with Crippen LogP contribution in [0.25, 0.3) is 0 Å². The van der Waals surface area contributed by atoms with Crippen molar-refractivity contribution in [2.45, 2.75) is 18.9 Å². The molecule has 58 valence electrons. The van der Waals surface area contributed by atoms with Gasteiger partial charge in [0.15, 0.2) is 0 Å². The van der Waals surface area contributed by atoms with Gasteiger partial charge in [-0.3, -0.25) is 4.79 Å². The Bertz CT molecular complexity index is 257. The van der Waals surface area contributed by atoms with E-state index in [0.29, 0.717) is 6.42 Å². The molecule has 0 amide bonds. The van der Waals surface area contributed by atoms with Crippen LogP contribution in [0.2, 0.25) is 0 Å². The molecule has 3 nitrogen and oxygen atoms in total. The Labute approximate surface area is 68.0 Å². The summed E-state index contributed by atoms with van der Waals surface area (Å²) in [7, 11) is 0. The van der Waals surface area contributed by atoms with Gasteiger partial charge in [0.2, 0.25) is 0 Å². The summed E-state index contributed by atoms with van der Waals surface area (Å²) in [6.45, 7) is 0. The molecular weight excluding hydrogens is 162 g/mol. The molecule has 0 radical (unpaired) electrons. The number of esters is 1. The molecule has 1 fully saturated rings. The second-order valence-corrected chi connectivity index (χ2v) is 3.15. The van der Waals surface area contributed by atoms with Crippen LogP contribution in [0.3, 0.4) is 0 Å². The van der Waals surface area contributed by atoms with Gasteiger partial charge >= 0.3 is 5.97 Å². The van der Waals surface area contributed by atoms with Crippen molar-refractivity contribution >= 4 is 17.3 Å². The predicted molar refractivity (Wildman–Crippen MR) is 40.2 cm³/mol. The molecule has 0 aliphatic carbocycles. The summed E-state index contributed by atoms with van der Waals surface area (Å²) in [6, 6.07) is 0. The number of rotatable bonds is 1. The van der Waals surface area contributed by atoms with Gasteiger partial charge in [0, 0.05) is 18.2 Å². The number of cyclic esters (lactones) is 1. The smallest absolute Gasteiger partial charge is 0.306 e. The van der Waals surface area contributed by atoms with Crippen LogP contribution in [0, 0.1) is 0 Å². The molecule has 4 heteroatoms. The zero-order valence-electron chi connectivity index (χ0n) is 5.82. The molecule has 1 saturated heterocycles. The fourth-order valence-corrected chi connectivity index (χ4v) is 1.71. The van der Waals surface area contributed by atoms with Gasteiger partial charge in [0.1, 0.15) is 6.10 Å². The molecular formula is C7H7NO2S. The van der Waals surface area contributed by atoms with Crippen molar-refractivity contribution in [3.05, 3.63) is 16.6 Å².